The number of fused-ring (bicyclic) bond motifs is 4. The Kier molecular flexibility index (Phi) is 3.76. The SMILES string of the molecule is COc1cc2c(cc1O)CC=C2C(=O)OCC12CCN(CC1)CC2. The predicted octanol–water partition coefficient (Wildman–Crippen LogP) is 2.37. The molecule has 0 saturated carbocycles. The van der Waals surface area contributed by atoms with Gasteiger partial charge in [0.2, 0.25) is 0 Å². The summed E-state index contributed by atoms with van der Waals surface area (Å²) in [6.45, 7) is 3.89. The number of phenols is 1. The van der Waals surface area contributed by atoms with E-state index in [1.807, 2.05) is 6.08 Å². The summed E-state index contributed by atoms with van der Waals surface area (Å²) in [7, 11) is 1.51. The molecule has 2 bridgehead atoms. The van der Waals surface area contributed by atoms with Crippen LogP contribution in [0.4, 0.5) is 0 Å². The number of esters is 1. The molecule has 0 radical (unpaired) electrons. The Bertz CT molecular complexity index is 688. The Morgan fingerprint density at radius 1 is 1.25 bits per heavy atom. The lowest BCUT2D eigenvalue weighted by Gasteiger charge is -2.47. The molecule has 5 nitrogen and oxygen atoms in total. The molecule has 5 heteroatoms. The van der Waals surface area contributed by atoms with Crippen molar-refractivity contribution in [1.29, 1.82) is 0 Å². The molecule has 0 amide bonds. The number of ether oxygens (including phenoxy) is 2. The molecular weight excluding hydrogens is 306 g/mol. The molecule has 0 unspecified atom stereocenters. The van der Waals surface area contributed by atoms with E-state index in [-0.39, 0.29) is 17.1 Å². The van der Waals surface area contributed by atoms with Crippen LogP contribution in [0.5, 0.6) is 11.5 Å². The molecule has 1 N–H and O–H groups in total. The molecule has 3 aliphatic heterocycles. The Morgan fingerprint density at radius 3 is 2.62 bits per heavy atom. The first-order valence-corrected chi connectivity index (χ1v) is 8.60. The molecule has 3 fully saturated rings. The molecule has 1 aliphatic carbocycles. The zero-order valence-electron chi connectivity index (χ0n) is 14.0. The molecule has 3 saturated heterocycles. The Hall–Kier alpha value is -2.01. The highest BCUT2D eigenvalue weighted by Gasteiger charge is 2.40. The fourth-order valence-corrected chi connectivity index (χ4v) is 4.12. The summed E-state index contributed by atoms with van der Waals surface area (Å²) in [4.78, 5) is 15.1. The fraction of sp³-hybridized carbons (Fsp3) is 0.526. The summed E-state index contributed by atoms with van der Waals surface area (Å²) in [6.07, 6.45) is 5.89. The fourth-order valence-electron chi connectivity index (χ4n) is 4.12. The van der Waals surface area contributed by atoms with E-state index in [2.05, 4.69) is 4.90 Å². The van der Waals surface area contributed by atoms with E-state index in [0.717, 1.165) is 50.0 Å². The number of phenolic OH excluding ortho intramolecular Hbond substituents is 1. The van der Waals surface area contributed by atoms with Gasteiger partial charge in [-0.1, -0.05) is 6.08 Å². The van der Waals surface area contributed by atoms with Crippen LogP contribution < -0.4 is 4.74 Å². The molecule has 5 rings (SSSR count). The van der Waals surface area contributed by atoms with E-state index in [1.165, 1.54) is 7.11 Å². The van der Waals surface area contributed by atoms with Crippen LogP contribution in [0.25, 0.3) is 5.57 Å². The molecule has 4 aliphatic rings. The molecule has 0 aromatic heterocycles. The molecule has 128 valence electrons. The number of aromatic hydroxyl groups is 1. The number of hydrogen-bond acceptors (Lipinski definition) is 5. The number of carbonyl (C=O) groups excluding carboxylic acids is 1. The van der Waals surface area contributed by atoms with Crippen molar-refractivity contribution in [3.63, 3.8) is 0 Å². The van der Waals surface area contributed by atoms with Gasteiger partial charge in [0.25, 0.3) is 0 Å². The Balaban J connectivity index is 1.47. The van der Waals surface area contributed by atoms with Crippen LogP contribution in [0, 0.1) is 5.41 Å². The maximum absolute atomic E-state index is 12.6. The highest BCUT2D eigenvalue weighted by Crippen LogP contribution is 2.41. The maximum Gasteiger partial charge on any atom is 0.338 e. The largest absolute Gasteiger partial charge is 0.504 e. The van der Waals surface area contributed by atoms with Gasteiger partial charge in [-0.3, -0.25) is 0 Å². The van der Waals surface area contributed by atoms with E-state index in [9.17, 15) is 9.90 Å². The van der Waals surface area contributed by atoms with Gasteiger partial charge in [0.15, 0.2) is 11.5 Å². The van der Waals surface area contributed by atoms with E-state index >= 15 is 0 Å². The molecular formula is C19H23NO4. The van der Waals surface area contributed by atoms with Crippen molar-refractivity contribution in [3.05, 3.63) is 29.3 Å². The molecule has 3 heterocycles. The van der Waals surface area contributed by atoms with Gasteiger partial charge in [0, 0.05) is 5.41 Å². The summed E-state index contributed by atoms with van der Waals surface area (Å²) < 4.78 is 10.9. The normalized spacial score (nSPS) is 27.5. The van der Waals surface area contributed by atoms with Gasteiger partial charge < -0.3 is 19.5 Å². The summed E-state index contributed by atoms with van der Waals surface area (Å²) in [5.74, 6) is 0.226. The number of rotatable bonds is 4. The molecule has 1 aromatic carbocycles. The van der Waals surface area contributed by atoms with Crippen LogP contribution in [0.3, 0.4) is 0 Å². The second-order valence-electron chi connectivity index (χ2n) is 7.17. The first-order valence-electron chi connectivity index (χ1n) is 8.60. The van der Waals surface area contributed by atoms with Crippen LogP contribution >= 0.6 is 0 Å². The minimum atomic E-state index is -0.260. The number of hydrogen-bond donors (Lipinski definition) is 1. The van der Waals surface area contributed by atoms with Gasteiger partial charge in [-0.2, -0.15) is 0 Å². The third-order valence-electron chi connectivity index (χ3n) is 5.83. The minimum Gasteiger partial charge on any atom is -0.504 e. The number of piperidine rings is 3. The van der Waals surface area contributed by atoms with E-state index in [1.54, 1.807) is 12.1 Å². The smallest absolute Gasteiger partial charge is 0.338 e. The molecule has 24 heavy (non-hydrogen) atoms. The van der Waals surface area contributed by atoms with Crippen molar-refractivity contribution in [2.45, 2.75) is 25.7 Å². The van der Waals surface area contributed by atoms with Crippen LogP contribution in [0.1, 0.15) is 30.4 Å². The standard InChI is InChI=1S/C19H23NO4/c1-23-17-11-15-13(10-16(17)21)2-3-14(15)18(22)24-12-19-4-7-20(8-5-19)9-6-19/h3,10-11,21H,2,4-9,12H2,1H3. The highest BCUT2D eigenvalue weighted by molar-refractivity contribution is 6.18. The first kappa shape index (κ1) is 15.5. The van der Waals surface area contributed by atoms with Crippen molar-refractivity contribution in [2.24, 2.45) is 5.41 Å². The van der Waals surface area contributed by atoms with Crippen molar-refractivity contribution in [2.75, 3.05) is 33.4 Å². The Morgan fingerprint density at radius 2 is 1.96 bits per heavy atom. The monoisotopic (exact) mass is 329 g/mol. The van der Waals surface area contributed by atoms with Crippen LogP contribution in [0.2, 0.25) is 0 Å². The van der Waals surface area contributed by atoms with Crippen LogP contribution in [0.15, 0.2) is 18.2 Å². The number of carbonyl (C=O) groups is 1. The van der Waals surface area contributed by atoms with Crippen molar-refractivity contribution in [1.82, 2.24) is 4.90 Å². The third-order valence-corrected chi connectivity index (χ3v) is 5.83. The highest BCUT2D eigenvalue weighted by atomic mass is 16.5. The summed E-state index contributed by atoms with van der Waals surface area (Å²) in [5.41, 5.74) is 2.52. The van der Waals surface area contributed by atoms with Crippen LogP contribution in [-0.2, 0) is 16.0 Å². The predicted molar refractivity (Wildman–Crippen MR) is 90.0 cm³/mol. The lowest BCUT2D eigenvalue weighted by molar-refractivity contribution is -0.143. The van der Waals surface area contributed by atoms with Crippen molar-refractivity contribution < 1.29 is 19.4 Å². The summed E-state index contributed by atoms with van der Waals surface area (Å²) in [5, 5.41) is 9.88. The molecule has 0 atom stereocenters. The van der Waals surface area contributed by atoms with Gasteiger partial charge >= 0.3 is 5.97 Å². The average Bonchev–Trinajstić information content (AvgIpc) is 3.03. The number of benzene rings is 1. The Labute approximate surface area is 141 Å². The third kappa shape index (κ3) is 2.57. The van der Waals surface area contributed by atoms with Gasteiger partial charge in [0.05, 0.1) is 19.3 Å². The lowest BCUT2D eigenvalue weighted by Crippen LogP contribution is -2.50. The quantitative estimate of drug-likeness (QED) is 0.860. The van der Waals surface area contributed by atoms with Crippen molar-refractivity contribution in [3.8, 4) is 11.5 Å². The summed E-state index contributed by atoms with van der Waals surface area (Å²) in [6, 6.07) is 3.39. The van der Waals surface area contributed by atoms with Gasteiger partial charge in [-0.05, 0) is 68.6 Å². The van der Waals surface area contributed by atoms with E-state index < -0.39 is 0 Å². The molecule has 1 aromatic rings. The number of methoxy groups -OCH3 is 1. The maximum atomic E-state index is 12.6. The minimum absolute atomic E-state index is 0.104. The lowest BCUT2D eigenvalue weighted by atomic mass is 9.73. The second kappa shape index (κ2) is 5.81. The van der Waals surface area contributed by atoms with E-state index in [0.29, 0.717) is 24.4 Å². The summed E-state index contributed by atoms with van der Waals surface area (Å²) >= 11 is 0. The first-order chi connectivity index (χ1) is 11.6. The zero-order chi connectivity index (χ0) is 16.7. The van der Waals surface area contributed by atoms with E-state index in [4.69, 9.17) is 9.47 Å². The average molecular weight is 329 g/mol. The van der Waals surface area contributed by atoms with Crippen molar-refractivity contribution >= 4 is 11.5 Å². The van der Waals surface area contributed by atoms with Gasteiger partial charge in [-0.15, -0.1) is 0 Å². The number of allylic oxidation sites excluding steroid dienone is 1. The zero-order valence-corrected chi connectivity index (χ0v) is 14.0. The van der Waals surface area contributed by atoms with Gasteiger partial charge in [0.1, 0.15) is 0 Å². The molecule has 0 spiro atoms. The second-order valence-corrected chi connectivity index (χ2v) is 7.17. The van der Waals surface area contributed by atoms with Crippen LogP contribution in [-0.4, -0.2) is 49.3 Å². The topological polar surface area (TPSA) is 59.0 Å². The number of nitrogens with zero attached hydrogens (tertiary/aromatic N) is 1. The van der Waals surface area contributed by atoms with Gasteiger partial charge in [-0.25, -0.2) is 4.79 Å².